The zero-order valence-corrected chi connectivity index (χ0v) is 9.71. The molecule has 1 N–H and O–H groups in total. The SMILES string of the molecule is CCOCC(=O)N(C)CCCNC(C)=O. The third-order valence-corrected chi connectivity index (χ3v) is 1.90. The Labute approximate surface area is 90.8 Å². The normalized spacial score (nSPS) is 9.80. The van der Waals surface area contributed by atoms with Crippen LogP contribution in [0, 0.1) is 0 Å². The highest BCUT2D eigenvalue weighted by atomic mass is 16.5. The summed E-state index contributed by atoms with van der Waals surface area (Å²) in [6.45, 7) is 5.24. The predicted molar refractivity (Wildman–Crippen MR) is 57.4 cm³/mol. The van der Waals surface area contributed by atoms with Gasteiger partial charge in [0.1, 0.15) is 6.61 Å². The Kier molecular flexibility index (Phi) is 7.62. The summed E-state index contributed by atoms with van der Waals surface area (Å²) in [5, 5.41) is 2.67. The molecule has 0 radical (unpaired) electrons. The highest BCUT2D eigenvalue weighted by Gasteiger charge is 2.07. The molecule has 0 aromatic rings. The van der Waals surface area contributed by atoms with Crippen molar-refractivity contribution >= 4 is 11.8 Å². The molecule has 0 saturated heterocycles. The summed E-state index contributed by atoms with van der Waals surface area (Å²) in [4.78, 5) is 23.5. The van der Waals surface area contributed by atoms with E-state index in [2.05, 4.69) is 5.32 Å². The van der Waals surface area contributed by atoms with Crippen molar-refractivity contribution in [3.63, 3.8) is 0 Å². The van der Waals surface area contributed by atoms with E-state index in [-0.39, 0.29) is 18.4 Å². The fourth-order valence-electron chi connectivity index (χ4n) is 1.00. The van der Waals surface area contributed by atoms with Crippen molar-refractivity contribution in [3.05, 3.63) is 0 Å². The molecular weight excluding hydrogens is 196 g/mol. The number of likely N-dealkylation sites (N-methyl/N-ethyl adjacent to an activating group) is 1. The number of amides is 2. The molecule has 0 aliphatic rings. The second-order valence-corrected chi connectivity index (χ2v) is 3.29. The van der Waals surface area contributed by atoms with Gasteiger partial charge in [-0.2, -0.15) is 0 Å². The average Bonchev–Trinajstić information content (AvgIpc) is 2.20. The molecule has 0 spiro atoms. The molecule has 0 bridgehead atoms. The molecule has 88 valence electrons. The van der Waals surface area contributed by atoms with E-state index in [1.807, 2.05) is 6.92 Å². The fraction of sp³-hybridized carbons (Fsp3) is 0.800. The quantitative estimate of drug-likeness (QED) is 0.610. The van der Waals surface area contributed by atoms with Crippen LogP contribution in [0.15, 0.2) is 0 Å². The third kappa shape index (κ3) is 7.93. The number of ether oxygens (including phenoxy) is 1. The molecule has 0 aliphatic carbocycles. The Bertz CT molecular complexity index is 207. The van der Waals surface area contributed by atoms with Gasteiger partial charge in [-0.05, 0) is 13.3 Å². The number of carbonyl (C=O) groups is 2. The number of hydrogen-bond acceptors (Lipinski definition) is 3. The van der Waals surface area contributed by atoms with Crippen molar-refractivity contribution in [2.45, 2.75) is 20.3 Å². The van der Waals surface area contributed by atoms with Crippen molar-refractivity contribution in [1.82, 2.24) is 10.2 Å². The zero-order chi connectivity index (χ0) is 11.7. The molecule has 0 rings (SSSR count). The summed E-state index contributed by atoms with van der Waals surface area (Å²) < 4.78 is 5.00. The molecule has 2 amide bonds. The van der Waals surface area contributed by atoms with E-state index in [9.17, 15) is 9.59 Å². The molecular formula is C10H20N2O3. The van der Waals surface area contributed by atoms with Gasteiger partial charge in [-0.25, -0.2) is 0 Å². The summed E-state index contributed by atoms with van der Waals surface area (Å²) in [5.74, 6) is -0.0713. The maximum absolute atomic E-state index is 11.3. The van der Waals surface area contributed by atoms with Crippen LogP contribution >= 0.6 is 0 Å². The second kappa shape index (κ2) is 8.23. The minimum absolute atomic E-state index is 0.0281. The van der Waals surface area contributed by atoms with Gasteiger partial charge in [0.2, 0.25) is 11.8 Å². The summed E-state index contributed by atoms with van der Waals surface area (Å²) in [6, 6.07) is 0. The summed E-state index contributed by atoms with van der Waals surface area (Å²) in [6.07, 6.45) is 0.758. The Morgan fingerprint density at radius 3 is 2.60 bits per heavy atom. The topological polar surface area (TPSA) is 58.6 Å². The van der Waals surface area contributed by atoms with Crippen LogP contribution in [0.3, 0.4) is 0 Å². The van der Waals surface area contributed by atoms with E-state index < -0.39 is 0 Å². The molecule has 0 aliphatic heterocycles. The lowest BCUT2D eigenvalue weighted by Gasteiger charge is -2.16. The third-order valence-electron chi connectivity index (χ3n) is 1.90. The maximum Gasteiger partial charge on any atom is 0.248 e. The van der Waals surface area contributed by atoms with Crippen LogP contribution in [-0.2, 0) is 14.3 Å². The van der Waals surface area contributed by atoms with E-state index in [0.29, 0.717) is 19.7 Å². The molecule has 0 saturated carbocycles. The molecule has 0 atom stereocenters. The fourth-order valence-corrected chi connectivity index (χ4v) is 1.00. The monoisotopic (exact) mass is 216 g/mol. The highest BCUT2D eigenvalue weighted by molar-refractivity contribution is 5.77. The summed E-state index contributed by atoms with van der Waals surface area (Å²) in [7, 11) is 1.73. The van der Waals surface area contributed by atoms with Crippen LogP contribution in [0.4, 0.5) is 0 Å². The predicted octanol–water partition coefficient (Wildman–Crippen LogP) is 0.00750. The summed E-state index contributed by atoms with van der Waals surface area (Å²) >= 11 is 0. The molecule has 5 heteroatoms. The minimum atomic E-state index is -0.0432. The average molecular weight is 216 g/mol. The van der Waals surface area contributed by atoms with E-state index in [1.165, 1.54) is 6.92 Å². The Balaban J connectivity index is 3.50. The Morgan fingerprint density at radius 2 is 2.07 bits per heavy atom. The lowest BCUT2D eigenvalue weighted by atomic mass is 10.4. The molecule has 15 heavy (non-hydrogen) atoms. The van der Waals surface area contributed by atoms with Crippen LogP contribution < -0.4 is 5.32 Å². The molecule has 0 aromatic heterocycles. The van der Waals surface area contributed by atoms with Gasteiger partial charge in [-0.1, -0.05) is 0 Å². The number of nitrogens with one attached hydrogen (secondary N) is 1. The van der Waals surface area contributed by atoms with Crippen molar-refractivity contribution in [1.29, 1.82) is 0 Å². The first-order valence-electron chi connectivity index (χ1n) is 5.14. The van der Waals surface area contributed by atoms with Gasteiger partial charge in [-0.3, -0.25) is 9.59 Å². The number of hydrogen-bond donors (Lipinski definition) is 1. The molecule has 0 unspecified atom stereocenters. The van der Waals surface area contributed by atoms with Crippen molar-refractivity contribution in [3.8, 4) is 0 Å². The first kappa shape index (κ1) is 13.9. The van der Waals surface area contributed by atoms with Crippen LogP contribution in [0.25, 0.3) is 0 Å². The summed E-state index contributed by atoms with van der Waals surface area (Å²) in [5.41, 5.74) is 0. The number of rotatable bonds is 7. The highest BCUT2D eigenvalue weighted by Crippen LogP contribution is 1.89. The standard InChI is InChI=1S/C10H20N2O3/c1-4-15-8-10(14)12(3)7-5-6-11-9(2)13/h4-8H2,1-3H3,(H,11,13). The first-order valence-corrected chi connectivity index (χ1v) is 5.14. The molecule has 0 aromatic carbocycles. The van der Waals surface area contributed by atoms with Crippen molar-refractivity contribution in [2.24, 2.45) is 0 Å². The van der Waals surface area contributed by atoms with Crippen molar-refractivity contribution < 1.29 is 14.3 Å². The Hall–Kier alpha value is -1.10. The maximum atomic E-state index is 11.3. The molecule has 0 fully saturated rings. The van der Waals surface area contributed by atoms with Crippen LogP contribution in [0.1, 0.15) is 20.3 Å². The van der Waals surface area contributed by atoms with Gasteiger partial charge in [-0.15, -0.1) is 0 Å². The van der Waals surface area contributed by atoms with Gasteiger partial charge in [0, 0.05) is 33.7 Å². The van der Waals surface area contributed by atoms with E-state index >= 15 is 0 Å². The number of nitrogens with zero attached hydrogens (tertiary/aromatic N) is 1. The van der Waals surface area contributed by atoms with Crippen LogP contribution in [-0.4, -0.2) is 50.1 Å². The zero-order valence-electron chi connectivity index (χ0n) is 9.71. The van der Waals surface area contributed by atoms with Gasteiger partial charge in [0.15, 0.2) is 0 Å². The molecule has 5 nitrogen and oxygen atoms in total. The molecule has 0 heterocycles. The van der Waals surface area contributed by atoms with E-state index in [0.717, 1.165) is 6.42 Å². The number of carbonyl (C=O) groups excluding carboxylic acids is 2. The lowest BCUT2D eigenvalue weighted by Crippen LogP contribution is -2.33. The van der Waals surface area contributed by atoms with Gasteiger partial charge < -0.3 is 15.0 Å². The largest absolute Gasteiger partial charge is 0.372 e. The minimum Gasteiger partial charge on any atom is -0.372 e. The van der Waals surface area contributed by atoms with E-state index in [1.54, 1.807) is 11.9 Å². The van der Waals surface area contributed by atoms with Gasteiger partial charge in [0.25, 0.3) is 0 Å². The second-order valence-electron chi connectivity index (χ2n) is 3.29. The van der Waals surface area contributed by atoms with E-state index in [4.69, 9.17) is 4.74 Å². The van der Waals surface area contributed by atoms with Gasteiger partial charge in [0.05, 0.1) is 0 Å². The smallest absolute Gasteiger partial charge is 0.248 e. The Morgan fingerprint density at radius 1 is 1.40 bits per heavy atom. The van der Waals surface area contributed by atoms with Gasteiger partial charge >= 0.3 is 0 Å². The van der Waals surface area contributed by atoms with Crippen LogP contribution in [0.5, 0.6) is 0 Å². The van der Waals surface area contributed by atoms with Crippen LogP contribution in [0.2, 0.25) is 0 Å². The lowest BCUT2D eigenvalue weighted by molar-refractivity contribution is -0.134. The van der Waals surface area contributed by atoms with Crippen molar-refractivity contribution in [2.75, 3.05) is 33.4 Å². The first-order chi connectivity index (χ1) is 7.07.